The maximum absolute atomic E-state index is 14.2. The van der Waals surface area contributed by atoms with E-state index in [1.54, 1.807) is 23.7 Å². The Labute approximate surface area is 196 Å². The summed E-state index contributed by atoms with van der Waals surface area (Å²) in [4.78, 5) is 8.92. The van der Waals surface area contributed by atoms with Crippen LogP contribution in [0.1, 0.15) is 30.0 Å². The van der Waals surface area contributed by atoms with Crippen LogP contribution in [0.15, 0.2) is 53.2 Å². The van der Waals surface area contributed by atoms with Crippen LogP contribution in [0.5, 0.6) is 0 Å². The molecule has 3 heterocycles. The zero-order valence-electron chi connectivity index (χ0n) is 18.3. The summed E-state index contributed by atoms with van der Waals surface area (Å²) in [5.74, 6) is 0.239. The molecule has 0 saturated heterocycles. The van der Waals surface area contributed by atoms with E-state index >= 15 is 0 Å². The minimum Gasteiger partial charge on any atom is -0.434 e. The second-order valence-electron chi connectivity index (χ2n) is 8.50. The van der Waals surface area contributed by atoms with Crippen molar-refractivity contribution in [2.75, 3.05) is 0 Å². The van der Waals surface area contributed by atoms with Crippen molar-refractivity contribution >= 4 is 11.1 Å². The largest absolute Gasteiger partial charge is 0.434 e. The number of hydrogen-bond acceptors (Lipinski definition) is 5. The van der Waals surface area contributed by atoms with Crippen molar-refractivity contribution < 1.29 is 22.0 Å². The quantitative estimate of drug-likeness (QED) is 0.288. The number of nitrogens with zero attached hydrogens (tertiary/aromatic N) is 5. The molecular weight excluding hydrogens is 462 g/mol. The van der Waals surface area contributed by atoms with Gasteiger partial charge in [0, 0.05) is 24.2 Å². The summed E-state index contributed by atoms with van der Waals surface area (Å²) >= 11 is 0. The van der Waals surface area contributed by atoms with Crippen LogP contribution in [0, 0.1) is 11.9 Å². The zero-order valence-corrected chi connectivity index (χ0v) is 18.3. The molecule has 6 nitrogen and oxygen atoms in total. The number of halogens is 4. The molecule has 1 aliphatic rings. The fraction of sp³-hybridized carbons (Fsp3) is 0.200. The fourth-order valence-electron chi connectivity index (χ4n) is 4.10. The van der Waals surface area contributed by atoms with Crippen molar-refractivity contribution in [3.63, 3.8) is 0 Å². The molecule has 10 heteroatoms. The van der Waals surface area contributed by atoms with E-state index in [-0.39, 0.29) is 22.9 Å². The molecular formula is C25H16F4N5O. The SMILES string of the molecule is Cn1cnnc1-c1cc(F)ccc1-c1cc(-c2nc3c[c]cc(C(F)(F)F)c3o2)nc(C2CC2)c1. The highest BCUT2D eigenvalue weighted by atomic mass is 19.4. The van der Waals surface area contributed by atoms with Crippen molar-refractivity contribution in [3.8, 4) is 34.1 Å². The van der Waals surface area contributed by atoms with E-state index < -0.39 is 17.6 Å². The molecule has 0 spiro atoms. The van der Waals surface area contributed by atoms with Crippen LogP contribution in [0.25, 0.3) is 45.2 Å². The Kier molecular flexibility index (Phi) is 4.73. The Hall–Kier alpha value is -4.08. The van der Waals surface area contributed by atoms with Crippen molar-refractivity contribution in [3.05, 3.63) is 71.9 Å². The number of rotatable bonds is 4. The fourth-order valence-corrected chi connectivity index (χ4v) is 4.10. The van der Waals surface area contributed by atoms with Gasteiger partial charge in [0.2, 0.25) is 5.89 Å². The molecule has 6 rings (SSSR count). The van der Waals surface area contributed by atoms with Crippen LogP contribution >= 0.6 is 0 Å². The molecule has 0 aliphatic heterocycles. The highest BCUT2D eigenvalue weighted by Crippen LogP contribution is 2.43. The maximum atomic E-state index is 14.2. The summed E-state index contributed by atoms with van der Waals surface area (Å²) in [5.41, 5.74) is 1.68. The van der Waals surface area contributed by atoms with Gasteiger partial charge >= 0.3 is 6.18 Å². The Morgan fingerprint density at radius 2 is 1.89 bits per heavy atom. The Balaban J connectivity index is 1.55. The van der Waals surface area contributed by atoms with Crippen LogP contribution in [-0.4, -0.2) is 24.7 Å². The van der Waals surface area contributed by atoms with Crippen LogP contribution in [-0.2, 0) is 13.2 Å². The van der Waals surface area contributed by atoms with Gasteiger partial charge in [0.05, 0.1) is 0 Å². The first-order valence-electron chi connectivity index (χ1n) is 10.8. The molecule has 0 unspecified atom stereocenters. The second-order valence-corrected chi connectivity index (χ2v) is 8.50. The first-order valence-corrected chi connectivity index (χ1v) is 10.8. The first-order chi connectivity index (χ1) is 16.8. The third-order valence-electron chi connectivity index (χ3n) is 5.96. The molecule has 1 saturated carbocycles. The molecule has 2 aromatic carbocycles. The summed E-state index contributed by atoms with van der Waals surface area (Å²) < 4.78 is 61.9. The average Bonchev–Trinajstić information content (AvgIpc) is 3.44. The number of aromatic nitrogens is 5. The van der Waals surface area contributed by atoms with Crippen LogP contribution in [0.4, 0.5) is 17.6 Å². The molecule has 3 aromatic heterocycles. The average molecular weight is 478 g/mol. The number of alkyl halides is 3. The number of benzene rings is 2. The Morgan fingerprint density at radius 1 is 1.06 bits per heavy atom. The van der Waals surface area contributed by atoms with Crippen LogP contribution < -0.4 is 0 Å². The molecule has 1 radical (unpaired) electrons. The summed E-state index contributed by atoms with van der Waals surface area (Å²) in [5, 5.41) is 8.01. The lowest BCUT2D eigenvalue weighted by molar-refractivity contribution is -0.136. The lowest BCUT2D eigenvalue weighted by Crippen LogP contribution is -2.04. The maximum Gasteiger partial charge on any atom is 0.420 e. The smallest absolute Gasteiger partial charge is 0.420 e. The van der Waals surface area contributed by atoms with Gasteiger partial charge in [-0.1, -0.05) is 6.07 Å². The summed E-state index contributed by atoms with van der Waals surface area (Å²) in [6.07, 6.45) is -1.18. The van der Waals surface area contributed by atoms with Crippen LogP contribution in [0.3, 0.4) is 0 Å². The normalized spacial score (nSPS) is 14.1. The minimum absolute atomic E-state index is 0.0313. The molecule has 1 fully saturated rings. The van der Waals surface area contributed by atoms with E-state index in [1.165, 1.54) is 24.5 Å². The molecule has 1 aliphatic carbocycles. The van der Waals surface area contributed by atoms with Crippen molar-refractivity contribution in [2.24, 2.45) is 7.05 Å². The standard InChI is InChI=1S/C25H16F4N5O/c1-34-12-30-33-23(34)17-11-15(26)7-8-16(17)14-9-20(13-5-6-13)31-21(10-14)24-32-19-4-2-3-18(22(19)35-24)25(27,28)29/h3-4,7-13H,5-6H2,1H3. The van der Waals surface area contributed by atoms with E-state index in [1.807, 2.05) is 6.07 Å². The molecule has 0 amide bonds. The van der Waals surface area contributed by atoms with Gasteiger partial charge in [0.1, 0.15) is 28.9 Å². The first kappa shape index (κ1) is 21.5. The van der Waals surface area contributed by atoms with E-state index in [0.29, 0.717) is 28.2 Å². The molecule has 0 bridgehead atoms. The van der Waals surface area contributed by atoms with Gasteiger partial charge < -0.3 is 8.98 Å². The number of pyridine rings is 1. The van der Waals surface area contributed by atoms with Gasteiger partial charge in [-0.15, -0.1) is 10.2 Å². The van der Waals surface area contributed by atoms with Gasteiger partial charge in [0.25, 0.3) is 0 Å². The third kappa shape index (κ3) is 3.84. The highest BCUT2D eigenvalue weighted by Gasteiger charge is 2.35. The lowest BCUT2D eigenvalue weighted by Gasteiger charge is -2.12. The van der Waals surface area contributed by atoms with Gasteiger partial charge in [0.15, 0.2) is 11.4 Å². The van der Waals surface area contributed by atoms with Crippen LogP contribution in [0.2, 0.25) is 0 Å². The van der Waals surface area contributed by atoms with Crippen molar-refractivity contribution in [2.45, 2.75) is 24.9 Å². The Bertz CT molecular complexity index is 1580. The zero-order chi connectivity index (χ0) is 24.3. The monoisotopic (exact) mass is 478 g/mol. The van der Waals surface area contributed by atoms with Gasteiger partial charge in [-0.05, 0) is 66.4 Å². The number of aryl methyl sites for hydroxylation is 1. The van der Waals surface area contributed by atoms with Gasteiger partial charge in [-0.3, -0.25) is 0 Å². The van der Waals surface area contributed by atoms with E-state index in [2.05, 4.69) is 26.2 Å². The van der Waals surface area contributed by atoms with E-state index in [0.717, 1.165) is 24.6 Å². The molecule has 35 heavy (non-hydrogen) atoms. The topological polar surface area (TPSA) is 69.6 Å². The third-order valence-corrected chi connectivity index (χ3v) is 5.96. The van der Waals surface area contributed by atoms with Crippen molar-refractivity contribution in [1.82, 2.24) is 24.7 Å². The van der Waals surface area contributed by atoms with Gasteiger partial charge in [-0.2, -0.15) is 13.2 Å². The van der Waals surface area contributed by atoms with Crippen molar-refractivity contribution in [1.29, 1.82) is 0 Å². The summed E-state index contributed by atoms with van der Waals surface area (Å²) in [6.45, 7) is 0. The number of oxazole rings is 1. The predicted molar refractivity (Wildman–Crippen MR) is 118 cm³/mol. The second kappa shape index (κ2) is 7.72. The highest BCUT2D eigenvalue weighted by molar-refractivity contribution is 5.83. The number of fused-ring (bicyclic) bond motifs is 1. The molecule has 175 valence electrons. The van der Waals surface area contributed by atoms with E-state index in [9.17, 15) is 17.6 Å². The number of hydrogen-bond donors (Lipinski definition) is 0. The summed E-state index contributed by atoms with van der Waals surface area (Å²) in [6, 6.07) is 12.6. The summed E-state index contributed by atoms with van der Waals surface area (Å²) in [7, 11) is 1.76. The Morgan fingerprint density at radius 3 is 2.60 bits per heavy atom. The van der Waals surface area contributed by atoms with E-state index in [4.69, 9.17) is 4.42 Å². The van der Waals surface area contributed by atoms with Gasteiger partial charge in [-0.25, -0.2) is 14.4 Å². The molecule has 5 aromatic rings. The molecule has 0 N–H and O–H groups in total. The molecule has 0 atom stereocenters. The predicted octanol–water partition coefficient (Wildman–Crippen LogP) is 6.19. The lowest BCUT2D eigenvalue weighted by atomic mass is 9.97. The minimum atomic E-state index is -4.61.